The van der Waals surface area contributed by atoms with E-state index in [1.807, 2.05) is 19.1 Å². The van der Waals surface area contributed by atoms with Crippen LogP contribution in [0.1, 0.15) is 92.6 Å². The van der Waals surface area contributed by atoms with Gasteiger partial charge >= 0.3 is 5.97 Å². The summed E-state index contributed by atoms with van der Waals surface area (Å²) in [5.41, 5.74) is 8.12. The lowest BCUT2D eigenvalue weighted by molar-refractivity contribution is 0.0695. The van der Waals surface area contributed by atoms with E-state index in [-0.39, 0.29) is 10.8 Å². The van der Waals surface area contributed by atoms with Crippen molar-refractivity contribution in [3.05, 3.63) is 69.8 Å². The van der Waals surface area contributed by atoms with E-state index in [2.05, 4.69) is 58.9 Å². The van der Waals surface area contributed by atoms with Gasteiger partial charge in [0, 0.05) is 0 Å². The predicted molar refractivity (Wildman–Crippen MR) is 118 cm³/mol. The second-order valence-corrected chi connectivity index (χ2v) is 9.43. The Morgan fingerprint density at radius 3 is 2.25 bits per heavy atom. The molecule has 0 spiro atoms. The standard InChI is InChI=1S/C26H32O2/c1-7-19-15-18(8-10-21(19)24(27)28)14-17(2)20-9-11-22-23(16-20)26(5,6)13-12-25(22,3)4/h8-11,14-16H,7,12-13H2,1-6H3,(H,27,28). The summed E-state index contributed by atoms with van der Waals surface area (Å²) in [6, 6.07) is 12.5. The third-order valence-electron chi connectivity index (χ3n) is 6.43. The molecule has 0 aromatic heterocycles. The minimum atomic E-state index is -0.858. The average molecular weight is 377 g/mol. The van der Waals surface area contributed by atoms with E-state index in [1.54, 1.807) is 6.07 Å². The predicted octanol–water partition coefficient (Wildman–Crippen LogP) is 6.86. The Morgan fingerprint density at radius 2 is 1.64 bits per heavy atom. The summed E-state index contributed by atoms with van der Waals surface area (Å²) < 4.78 is 0. The number of hydrogen-bond donors (Lipinski definition) is 1. The van der Waals surface area contributed by atoms with E-state index in [4.69, 9.17) is 0 Å². The van der Waals surface area contributed by atoms with Crippen molar-refractivity contribution in [2.45, 2.75) is 71.6 Å². The molecule has 2 heteroatoms. The number of carboxylic acid groups (broad SMARTS) is 1. The van der Waals surface area contributed by atoms with Crippen molar-refractivity contribution in [2.75, 3.05) is 0 Å². The second-order valence-electron chi connectivity index (χ2n) is 9.43. The van der Waals surface area contributed by atoms with Gasteiger partial charge < -0.3 is 5.11 Å². The van der Waals surface area contributed by atoms with Crippen molar-refractivity contribution in [2.24, 2.45) is 0 Å². The number of carboxylic acids is 1. The fourth-order valence-electron chi connectivity index (χ4n) is 4.37. The van der Waals surface area contributed by atoms with Crippen LogP contribution in [-0.4, -0.2) is 11.1 Å². The maximum Gasteiger partial charge on any atom is 0.335 e. The Balaban J connectivity index is 2.02. The molecular weight excluding hydrogens is 344 g/mol. The summed E-state index contributed by atoms with van der Waals surface area (Å²) in [5.74, 6) is -0.858. The minimum absolute atomic E-state index is 0.194. The molecule has 2 aromatic carbocycles. The van der Waals surface area contributed by atoms with Crippen molar-refractivity contribution < 1.29 is 9.90 Å². The summed E-state index contributed by atoms with van der Waals surface area (Å²) in [5, 5.41) is 9.34. The van der Waals surface area contributed by atoms with Crippen LogP contribution in [0.5, 0.6) is 0 Å². The van der Waals surface area contributed by atoms with Crippen LogP contribution < -0.4 is 0 Å². The second kappa shape index (κ2) is 7.24. The van der Waals surface area contributed by atoms with Gasteiger partial charge in [0.1, 0.15) is 0 Å². The minimum Gasteiger partial charge on any atom is -0.478 e. The first kappa shape index (κ1) is 20.4. The first-order valence-corrected chi connectivity index (χ1v) is 10.2. The number of aromatic carboxylic acids is 1. The van der Waals surface area contributed by atoms with Crippen LogP contribution in [0.3, 0.4) is 0 Å². The van der Waals surface area contributed by atoms with Crippen LogP contribution in [-0.2, 0) is 17.3 Å². The highest BCUT2D eigenvalue weighted by Crippen LogP contribution is 2.46. The van der Waals surface area contributed by atoms with Crippen molar-refractivity contribution >= 4 is 17.6 Å². The summed E-state index contributed by atoms with van der Waals surface area (Å²) in [6.45, 7) is 13.5. The molecule has 0 saturated carbocycles. The van der Waals surface area contributed by atoms with Crippen LogP contribution in [0.15, 0.2) is 36.4 Å². The van der Waals surface area contributed by atoms with Crippen LogP contribution in [0.4, 0.5) is 0 Å². The summed E-state index contributed by atoms with van der Waals surface area (Å²) in [7, 11) is 0. The lowest BCUT2D eigenvalue weighted by Crippen LogP contribution is -2.33. The smallest absolute Gasteiger partial charge is 0.335 e. The highest BCUT2D eigenvalue weighted by atomic mass is 16.4. The van der Waals surface area contributed by atoms with Gasteiger partial charge in [-0.3, -0.25) is 0 Å². The van der Waals surface area contributed by atoms with Gasteiger partial charge in [0.2, 0.25) is 0 Å². The Labute approximate surface area is 169 Å². The highest BCUT2D eigenvalue weighted by Gasteiger charge is 2.36. The van der Waals surface area contributed by atoms with Crippen molar-refractivity contribution in [1.82, 2.24) is 0 Å². The molecule has 28 heavy (non-hydrogen) atoms. The number of benzene rings is 2. The van der Waals surface area contributed by atoms with E-state index in [0.29, 0.717) is 12.0 Å². The number of rotatable bonds is 4. The number of aryl methyl sites for hydroxylation is 1. The van der Waals surface area contributed by atoms with Gasteiger partial charge in [-0.15, -0.1) is 0 Å². The lowest BCUT2D eigenvalue weighted by atomic mass is 9.63. The van der Waals surface area contributed by atoms with Gasteiger partial charge in [-0.2, -0.15) is 0 Å². The number of fused-ring (bicyclic) bond motifs is 1. The molecule has 1 aliphatic carbocycles. The van der Waals surface area contributed by atoms with E-state index in [9.17, 15) is 9.90 Å². The van der Waals surface area contributed by atoms with Gasteiger partial charge in [-0.1, -0.05) is 71.0 Å². The maximum absolute atomic E-state index is 11.4. The zero-order valence-corrected chi connectivity index (χ0v) is 18.0. The van der Waals surface area contributed by atoms with Gasteiger partial charge in [0.25, 0.3) is 0 Å². The number of allylic oxidation sites excluding steroid dienone is 1. The Bertz CT molecular complexity index is 945. The molecule has 0 unspecified atom stereocenters. The molecular formula is C26H32O2. The molecule has 1 aliphatic rings. The Morgan fingerprint density at radius 1 is 1.00 bits per heavy atom. The first-order chi connectivity index (χ1) is 13.0. The van der Waals surface area contributed by atoms with E-state index < -0.39 is 5.97 Å². The van der Waals surface area contributed by atoms with Crippen LogP contribution in [0.2, 0.25) is 0 Å². The molecule has 0 atom stereocenters. The van der Waals surface area contributed by atoms with Crippen molar-refractivity contribution in [3.8, 4) is 0 Å². The topological polar surface area (TPSA) is 37.3 Å². The molecule has 0 radical (unpaired) electrons. The summed E-state index contributed by atoms with van der Waals surface area (Å²) in [6.07, 6.45) is 5.30. The molecule has 0 bridgehead atoms. The van der Waals surface area contributed by atoms with E-state index in [0.717, 1.165) is 11.1 Å². The molecule has 148 valence electrons. The Hall–Kier alpha value is -2.35. The molecule has 1 N–H and O–H groups in total. The molecule has 0 heterocycles. The third-order valence-corrected chi connectivity index (χ3v) is 6.43. The van der Waals surface area contributed by atoms with Crippen LogP contribution in [0, 0.1) is 0 Å². The zero-order valence-electron chi connectivity index (χ0n) is 18.0. The molecule has 0 fully saturated rings. The number of hydrogen-bond acceptors (Lipinski definition) is 1. The fourth-order valence-corrected chi connectivity index (χ4v) is 4.37. The summed E-state index contributed by atoms with van der Waals surface area (Å²) in [4.78, 5) is 11.4. The van der Waals surface area contributed by atoms with Crippen molar-refractivity contribution in [1.29, 1.82) is 0 Å². The molecule has 3 rings (SSSR count). The van der Waals surface area contributed by atoms with Gasteiger partial charge in [0.05, 0.1) is 5.56 Å². The van der Waals surface area contributed by atoms with Gasteiger partial charge in [-0.25, -0.2) is 4.79 Å². The largest absolute Gasteiger partial charge is 0.478 e. The van der Waals surface area contributed by atoms with Crippen LogP contribution in [0.25, 0.3) is 11.6 Å². The molecule has 2 aromatic rings. The average Bonchev–Trinajstić information content (AvgIpc) is 2.65. The van der Waals surface area contributed by atoms with E-state index >= 15 is 0 Å². The third kappa shape index (κ3) is 3.78. The van der Waals surface area contributed by atoms with Gasteiger partial charge in [0.15, 0.2) is 0 Å². The quantitative estimate of drug-likeness (QED) is 0.592. The molecule has 2 nitrogen and oxygen atoms in total. The van der Waals surface area contributed by atoms with Crippen LogP contribution >= 0.6 is 0 Å². The zero-order chi connectivity index (χ0) is 20.7. The first-order valence-electron chi connectivity index (χ1n) is 10.2. The van der Waals surface area contributed by atoms with E-state index in [1.165, 1.54) is 35.1 Å². The highest BCUT2D eigenvalue weighted by molar-refractivity contribution is 5.90. The maximum atomic E-state index is 11.4. The summed E-state index contributed by atoms with van der Waals surface area (Å²) >= 11 is 0. The SMILES string of the molecule is CCc1cc(C=C(C)c2ccc3c(c2)C(C)(C)CCC3(C)C)ccc1C(=O)O. The lowest BCUT2D eigenvalue weighted by Gasteiger charge is -2.42. The van der Waals surface area contributed by atoms with Crippen molar-refractivity contribution in [3.63, 3.8) is 0 Å². The normalized spacial score (nSPS) is 17.9. The van der Waals surface area contributed by atoms with Gasteiger partial charge in [-0.05, 0) is 76.5 Å². The fraction of sp³-hybridized carbons (Fsp3) is 0.423. The molecule has 0 amide bonds. The monoisotopic (exact) mass is 376 g/mol. The molecule has 0 aliphatic heterocycles. The molecule has 0 saturated heterocycles. The number of carbonyl (C=O) groups is 1. The Kier molecular flexibility index (Phi) is 5.27.